The van der Waals surface area contributed by atoms with E-state index >= 15 is 0 Å². The van der Waals surface area contributed by atoms with E-state index in [9.17, 15) is 0 Å². The van der Waals surface area contributed by atoms with Crippen LogP contribution in [0, 0.1) is 27.7 Å². The number of aryl methyl sites for hydroxylation is 1. The number of nitrogens with zero attached hydrogens (tertiary/aromatic N) is 4. The average Bonchev–Trinajstić information content (AvgIpc) is 3.00. The first-order valence-corrected chi connectivity index (χ1v) is 11.0. The predicted molar refractivity (Wildman–Crippen MR) is 127 cm³/mol. The lowest BCUT2D eigenvalue weighted by Gasteiger charge is -2.32. The molecule has 2 heterocycles. The molecule has 1 unspecified atom stereocenters. The lowest BCUT2D eigenvalue weighted by Crippen LogP contribution is -2.30. The number of likely N-dealkylation sites (tertiary alicyclic amines) is 1. The van der Waals surface area contributed by atoms with Crippen LogP contribution in [0.25, 0.3) is 0 Å². The highest BCUT2D eigenvalue weighted by Gasteiger charge is 2.27. The zero-order chi connectivity index (χ0) is 22.2. The molecule has 0 amide bonds. The van der Waals surface area contributed by atoms with Gasteiger partial charge in [0.2, 0.25) is 0 Å². The summed E-state index contributed by atoms with van der Waals surface area (Å²) in [6.07, 6.45) is 3.81. The van der Waals surface area contributed by atoms with Gasteiger partial charge >= 0.3 is 0 Å². The summed E-state index contributed by atoms with van der Waals surface area (Å²) < 4.78 is 2.04. The second kappa shape index (κ2) is 8.94. The molecule has 1 atom stereocenters. The third-order valence-electron chi connectivity index (χ3n) is 6.64. The highest BCUT2D eigenvalue weighted by Crippen LogP contribution is 2.39. The maximum absolute atomic E-state index is 6.75. The van der Waals surface area contributed by atoms with Crippen molar-refractivity contribution in [3.63, 3.8) is 0 Å². The molecular formula is C24H34ClN5. The van der Waals surface area contributed by atoms with E-state index in [2.05, 4.69) is 50.4 Å². The second-order valence-corrected chi connectivity index (χ2v) is 8.96. The SMILES string of the molecule is C=C/N=C(/N)c1c(C)nn(C(C)c2cc(Cl)c(C)c(C3CCN(C)CC3)c2C)c1C. The van der Waals surface area contributed by atoms with Gasteiger partial charge in [-0.25, -0.2) is 4.99 Å². The summed E-state index contributed by atoms with van der Waals surface area (Å²) in [5.41, 5.74) is 14.1. The van der Waals surface area contributed by atoms with Gasteiger partial charge in [0.25, 0.3) is 0 Å². The van der Waals surface area contributed by atoms with E-state index in [1.807, 2.05) is 18.5 Å². The van der Waals surface area contributed by atoms with Crippen LogP contribution in [0.2, 0.25) is 5.02 Å². The minimum atomic E-state index is 0.0390. The van der Waals surface area contributed by atoms with Crippen molar-refractivity contribution in [2.45, 2.75) is 59.4 Å². The summed E-state index contributed by atoms with van der Waals surface area (Å²) >= 11 is 6.75. The van der Waals surface area contributed by atoms with Crippen molar-refractivity contribution in [1.29, 1.82) is 0 Å². The number of hydrogen-bond acceptors (Lipinski definition) is 3. The normalized spacial score (nSPS) is 17.4. The van der Waals surface area contributed by atoms with E-state index in [-0.39, 0.29) is 6.04 Å². The van der Waals surface area contributed by atoms with Crippen LogP contribution >= 0.6 is 11.6 Å². The van der Waals surface area contributed by atoms with Crippen LogP contribution in [0.3, 0.4) is 0 Å². The number of aliphatic imine (C=N–C) groups is 1. The highest BCUT2D eigenvalue weighted by molar-refractivity contribution is 6.31. The molecule has 1 aliphatic rings. The molecule has 1 aromatic heterocycles. The third-order valence-corrected chi connectivity index (χ3v) is 7.03. The standard InChI is InChI=1S/C24H34ClN5/c1-8-27-24(26)23-16(4)28-30(18(23)6)17(5)20-13-21(25)15(3)22(14(20)2)19-9-11-29(7)12-10-19/h8,13,17,19H,1,9-12H2,2-7H3,(H2,26,27). The fourth-order valence-electron chi connectivity index (χ4n) is 4.97. The number of hydrogen-bond donors (Lipinski definition) is 1. The molecule has 2 aromatic rings. The number of piperidine rings is 1. The van der Waals surface area contributed by atoms with E-state index in [1.54, 1.807) is 0 Å². The van der Waals surface area contributed by atoms with E-state index in [1.165, 1.54) is 41.3 Å². The second-order valence-electron chi connectivity index (χ2n) is 8.55. The average molecular weight is 428 g/mol. The van der Waals surface area contributed by atoms with Gasteiger partial charge in [-0.05, 0) is 102 Å². The van der Waals surface area contributed by atoms with Gasteiger partial charge in [0.15, 0.2) is 0 Å². The molecule has 0 aliphatic carbocycles. The number of benzene rings is 1. The first-order chi connectivity index (χ1) is 14.2. The Bertz CT molecular complexity index is 980. The highest BCUT2D eigenvalue weighted by atomic mass is 35.5. The van der Waals surface area contributed by atoms with E-state index in [4.69, 9.17) is 22.4 Å². The number of amidine groups is 1. The van der Waals surface area contributed by atoms with Gasteiger partial charge in [-0.3, -0.25) is 4.68 Å². The number of aromatic nitrogens is 2. The fourth-order valence-corrected chi connectivity index (χ4v) is 5.19. The predicted octanol–water partition coefficient (Wildman–Crippen LogP) is 5.04. The Morgan fingerprint density at radius 2 is 1.90 bits per heavy atom. The molecule has 5 nitrogen and oxygen atoms in total. The number of nitrogens with two attached hydrogens (primary N) is 1. The fraction of sp³-hybridized carbons (Fsp3) is 0.500. The Morgan fingerprint density at radius 1 is 1.27 bits per heavy atom. The van der Waals surface area contributed by atoms with Crippen LogP contribution in [-0.4, -0.2) is 40.7 Å². The van der Waals surface area contributed by atoms with Crippen molar-refractivity contribution in [3.05, 3.63) is 63.1 Å². The van der Waals surface area contributed by atoms with Crippen molar-refractivity contribution in [2.75, 3.05) is 20.1 Å². The lowest BCUT2D eigenvalue weighted by atomic mass is 9.81. The van der Waals surface area contributed by atoms with Crippen molar-refractivity contribution in [2.24, 2.45) is 10.7 Å². The number of halogens is 1. The zero-order valence-electron chi connectivity index (χ0n) is 19.1. The Labute approximate surface area is 185 Å². The Balaban J connectivity index is 2.08. The lowest BCUT2D eigenvalue weighted by molar-refractivity contribution is 0.254. The van der Waals surface area contributed by atoms with Crippen molar-refractivity contribution >= 4 is 17.4 Å². The molecule has 1 saturated heterocycles. The molecule has 30 heavy (non-hydrogen) atoms. The summed E-state index contributed by atoms with van der Waals surface area (Å²) in [4.78, 5) is 6.57. The summed E-state index contributed by atoms with van der Waals surface area (Å²) in [6, 6.07) is 2.16. The molecule has 0 spiro atoms. The summed E-state index contributed by atoms with van der Waals surface area (Å²) in [5, 5.41) is 5.65. The molecule has 3 rings (SSSR count). The Kier molecular flexibility index (Phi) is 6.73. The van der Waals surface area contributed by atoms with Crippen LogP contribution in [-0.2, 0) is 0 Å². The quantitative estimate of drug-likeness (QED) is 0.537. The smallest absolute Gasteiger partial charge is 0.134 e. The van der Waals surface area contributed by atoms with Gasteiger partial charge in [-0.2, -0.15) is 5.10 Å². The Morgan fingerprint density at radius 3 is 2.50 bits per heavy atom. The van der Waals surface area contributed by atoms with E-state index in [0.29, 0.717) is 11.8 Å². The third kappa shape index (κ3) is 4.06. The maximum atomic E-state index is 6.75. The zero-order valence-corrected chi connectivity index (χ0v) is 19.8. The van der Waals surface area contributed by atoms with E-state index < -0.39 is 0 Å². The van der Waals surface area contributed by atoms with Crippen LogP contribution in [0.4, 0.5) is 0 Å². The molecular weight excluding hydrogens is 394 g/mol. The van der Waals surface area contributed by atoms with Crippen molar-refractivity contribution < 1.29 is 0 Å². The summed E-state index contributed by atoms with van der Waals surface area (Å²) in [7, 11) is 2.20. The van der Waals surface area contributed by atoms with Gasteiger partial charge in [0.1, 0.15) is 5.84 Å². The molecule has 1 fully saturated rings. The first kappa shape index (κ1) is 22.6. The van der Waals surface area contributed by atoms with Crippen molar-refractivity contribution in [3.8, 4) is 0 Å². The molecule has 1 aromatic carbocycles. The molecule has 162 valence electrons. The number of rotatable bonds is 5. The Hall–Kier alpha value is -2.11. The van der Waals surface area contributed by atoms with Gasteiger partial charge in [-0.15, -0.1) is 0 Å². The summed E-state index contributed by atoms with van der Waals surface area (Å²) in [5.74, 6) is 1.00. The van der Waals surface area contributed by atoms with Crippen LogP contribution in [0.5, 0.6) is 0 Å². The van der Waals surface area contributed by atoms with Gasteiger partial charge in [-0.1, -0.05) is 18.2 Å². The van der Waals surface area contributed by atoms with Crippen molar-refractivity contribution in [1.82, 2.24) is 14.7 Å². The summed E-state index contributed by atoms with van der Waals surface area (Å²) in [6.45, 7) is 16.5. The van der Waals surface area contributed by atoms with Gasteiger partial charge < -0.3 is 10.6 Å². The maximum Gasteiger partial charge on any atom is 0.134 e. The molecule has 6 heteroatoms. The minimum Gasteiger partial charge on any atom is -0.383 e. The molecule has 0 radical (unpaired) electrons. The largest absolute Gasteiger partial charge is 0.383 e. The molecule has 0 saturated carbocycles. The van der Waals surface area contributed by atoms with E-state index in [0.717, 1.165) is 35.1 Å². The van der Waals surface area contributed by atoms with Crippen LogP contribution in [0.1, 0.15) is 70.9 Å². The van der Waals surface area contributed by atoms with Gasteiger partial charge in [0.05, 0.1) is 17.3 Å². The molecule has 2 N–H and O–H groups in total. The van der Waals surface area contributed by atoms with Crippen LogP contribution < -0.4 is 5.73 Å². The minimum absolute atomic E-state index is 0.0390. The molecule has 0 bridgehead atoms. The first-order valence-electron chi connectivity index (χ1n) is 10.7. The monoisotopic (exact) mass is 427 g/mol. The topological polar surface area (TPSA) is 59.4 Å². The van der Waals surface area contributed by atoms with Crippen LogP contribution in [0.15, 0.2) is 23.8 Å². The molecule has 1 aliphatic heterocycles. The van der Waals surface area contributed by atoms with Gasteiger partial charge in [0, 0.05) is 16.9 Å².